The number of nitrogens with zero attached hydrogens (tertiary/aromatic N) is 3. The standard InChI is InChI=1S/C17H24N4O3S/c1-13-2-3-16(24-13)12-20-9-14(8-19-25(22,23)17-4-5-17)10-21-15(11-20)6-7-18-21/h2-3,6-7,14,17,19H,4-5,8-12H2,1H3. The second-order valence-corrected chi connectivity index (χ2v) is 9.19. The largest absolute Gasteiger partial charge is 0.465 e. The van der Waals surface area contributed by atoms with Crippen LogP contribution in [0.15, 0.2) is 28.8 Å². The zero-order chi connectivity index (χ0) is 17.4. The smallest absolute Gasteiger partial charge is 0.214 e. The summed E-state index contributed by atoms with van der Waals surface area (Å²) in [5.74, 6) is 2.01. The Morgan fingerprint density at radius 3 is 2.84 bits per heavy atom. The van der Waals surface area contributed by atoms with E-state index in [1.165, 1.54) is 0 Å². The fraction of sp³-hybridized carbons (Fsp3) is 0.588. The predicted octanol–water partition coefficient (Wildman–Crippen LogP) is 1.50. The van der Waals surface area contributed by atoms with Gasteiger partial charge in [-0.05, 0) is 38.0 Å². The maximum atomic E-state index is 12.1. The lowest BCUT2D eigenvalue weighted by Crippen LogP contribution is -2.37. The third-order valence-corrected chi connectivity index (χ3v) is 6.77. The molecular formula is C17H24N4O3S. The van der Waals surface area contributed by atoms with Gasteiger partial charge in [-0.1, -0.05) is 0 Å². The van der Waals surface area contributed by atoms with Crippen LogP contribution in [-0.4, -0.2) is 41.4 Å². The van der Waals surface area contributed by atoms with Gasteiger partial charge in [-0.15, -0.1) is 0 Å². The fourth-order valence-corrected chi connectivity index (χ4v) is 4.85. The van der Waals surface area contributed by atoms with Gasteiger partial charge in [0.25, 0.3) is 0 Å². The molecular weight excluding hydrogens is 340 g/mol. The first kappa shape index (κ1) is 16.8. The first-order valence-corrected chi connectivity index (χ1v) is 10.3. The van der Waals surface area contributed by atoms with Crippen molar-refractivity contribution in [1.82, 2.24) is 19.4 Å². The molecule has 2 aromatic rings. The number of aromatic nitrogens is 2. The van der Waals surface area contributed by atoms with E-state index in [-0.39, 0.29) is 11.2 Å². The summed E-state index contributed by atoms with van der Waals surface area (Å²) in [6, 6.07) is 6.00. The SMILES string of the molecule is Cc1ccc(CN2Cc3ccnn3CC(CNS(=O)(=O)C3CC3)C2)o1. The van der Waals surface area contributed by atoms with Crippen molar-refractivity contribution in [3.63, 3.8) is 0 Å². The van der Waals surface area contributed by atoms with Crippen LogP contribution in [0, 0.1) is 12.8 Å². The Morgan fingerprint density at radius 2 is 2.12 bits per heavy atom. The molecule has 1 N–H and O–H groups in total. The second kappa shape index (κ2) is 6.59. The van der Waals surface area contributed by atoms with Crippen molar-refractivity contribution in [2.45, 2.75) is 44.6 Å². The highest BCUT2D eigenvalue weighted by atomic mass is 32.2. The minimum Gasteiger partial charge on any atom is -0.465 e. The van der Waals surface area contributed by atoms with Gasteiger partial charge in [-0.2, -0.15) is 5.10 Å². The molecule has 7 nitrogen and oxygen atoms in total. The molecule has 0 amide bonds. The molecule has 8 heteroatoms. The predicted molar refractivity (Wildman–Crippen MR) is 93.2 cm³/mol. The number of aryl methyl sites for hydroxylation is 1. The number of fused-ring (bicyclic) bond motifs is 1. The minimum absolute atomic E-state index is 0.172. The molecule has 3 heterocycles. The molecule has 25 heavy (non-hydrogen) atoms. The average molecular weight is 364 g/mol. The van der Waals surface area contributed by atoms with Gasteiger partial charge in [0.2, 0.25) is 10.0 Å². The van der Waals surface area contributed by atoms with Gasteiger partial charge < -0.3 is 4.42 Å². The van der Waals surface area contributed by atoms with E-state index in [1.807, 2.05) is 29.8 Å². The number of hydrogen-bond acceptors (Lipinski definition) is 5. The van der Waals surface area contributed by atoms with Gasteiger partial charge in [0.05, 0.1) is 17.5 Å². The maximum absolute atomic E-state index is 12.1. The van der Waals surface area contributed by atoms with Crippen molar-refractivity contribution in [2.75, 3.05) is 13.1 Å². The van der Waals surface area contributed by atoms with Gasteiger partial charge in [-0.25, -0.2) is 13.1 Å². The third kappa shape index (κ3) is 3.96. The van der Waals surface area contributed by atoms with Crippen LogP contribution in [0.5, 0.6) is 0 Å². The molecule has 1 unspecified atom stereocenters. The number of sulfonamides is 1. The average Bonchev–Trinajstić information content (AvgIpc) is 3.27. The summed E-state index contributed by atoms with van der Waals surface area (Å²) in [5, 5.41) is 4.21. The van der Waals surface area contributed by atoms with Gasteiger partial charge in [0, 0.05) is 38.3 Å². The molecule has 0 radical (unpaired) electrons. The lowest BCUT2D eigenvalue weighted by Gasteiger charge is -2.23. The van der Waals surface area contributed by atoms with E-state index in [4.69, 9.17) is 4.42 Å². The number of furan rings is 1. The molecule has 0 aromatic carbocycles. The molecule has 1 fully saturated rings. The van der Waals surface area contributed by atoms with Crippen molar-refractivity contribution in [2.24, 2.45) is 5.92 Å². The molecule has 1 aliphatic heterocycles. The molecule has 4 rings (SSSR count). The Kier molecular flexibility index (Phi) is 4.43. The van der Waals surface area contributed by atoms with Crippen LogP contribution in [0.1, 0.15) is 30.1 Å². The van der Waals surface area contributed by atoms with Gasteiger partial charge in [0.1, 0.15) is 11.5 Å². The highest BCUT2D eigenvalue weighted by Gasteiger charge is 2.36. The van der Waals surface area contributed by atoms with E-state index in [1.54, 1.807) is 6.20 Å². The zero-order valence-electron chi connectivity index (χ0n) is 14.4. The molecule has 136 valence electrons. The van der Waals surface area contributed by atoms with E-state index in [9.17, 15) is 8.42 Å². The molecule has 0 bridgehead atoms. The molecule has 1 atom stereocenters. The van der Waals surface area contributed by atoms with E-state index in [0.717, 1.165) is 49.7 Å². The summed E-state index contributed by atoms with van der Waals surface area (Å²) in [4.78, 5) is 2.30. The van der Waals surface area contributed by atoms with E-state index >= 15 is 0 Å². The van der Waals surface area contributed by atoms with Gasteiger partial charge >= 0.3 is 0 Å². The van der Waals surface area contributed by atoms with Crippen LogP contribution in [-0.2, 0) is 29.7 Å². The Bertz CT molecular complexity index is 838. The van der Waals surface area contributed by atoms with Crippen LogP contribution in [0.25, 0.3) is 0 Å². The molecule has 2 aromatic heterocycles. The number of nitrogens with one attached hydrogen (secondary N) is 1. The van der Waals surface area contributed by atoms with Crippen LogP contribution in [0.3, 0.4) is 0 Å². The summed E-state index contributed by atoms with van der Waals surface area (Å²) < 4.78 is 34.8. The van der Waals surface area contributed by atoms with Crippen molar-refractivity contribution < 1.29 is 12.8 Å². The van der Waals surface area contributed by atoms with Crippen molar-refractivity contribution in [3.8, 4) is 0 Å². The van der Waals surface area contributed by atoms with Gasteiger partial charge in [-0.3, -0.25) is 9.58 Å². The van der Waals surface area contributed by atoms with Crippen LogP contribution in [0.2, 0.25) is 0 Å². The van der Waals surface area contributed by atoms with E-state index in [0.29, 0.717) is 13.1 Å². The molecule has 1 saturated carbocycles. The maximum Gasteiger partial charge on any atom is 0.214 e. The summed E-state index contributed by atoms with van der Waals surface area (Å²) in [6.07, 6.45) is 3.38. The van der Waals surface area contributed by atoms with Crippen molar-refractivity contribution in [1.29, 1.82) is 0 Å². The fourth-order valence-electron chi connectivity index (χ4n) is 3.39. The van der Waals surface area contributed by atoms with Crippen LogP contribution in [0.4, 0.5) is 0 Å². The highest BCUT2D eigenvalue weighted by molar-refractivity contribution is 7.90. The topological polar surface area (TPSA) is 80.4 Å². The van der Waals surface area contributed by atoms with Crippen LogP contribution >= 0.6 is 0 Å². The zero-order valence-corrected chi connectivity index (χ0v) is 15.2. The first-order chi connectivity index (χ1) is 12.0. The van der Waals surface area contributed by atoms with Crippen LogP contribution < -0.4 is 4.72 Å². The lowest BCUT2D eigenvalue weighted by molar-refractivity contribution is 0.205. The number of hydrogen-bond donors (Lipinski definition) is 1. The second-order valence-electron chi connectivity index (χ2n) is 7.15. The monoisotopic (exact) mass is 364 g/mol. The van der Waals surface area contributed by atoms with E-state index < -0.39 is 10.0 Å². The van der Waals surface area contributed by atoms with Crippen molar-refractivity contribution >= 4 is 10.0 Å². The Labute approximate surface area is 148 Å². The third-order valence-electron chi connectivity index (χ3n) is 4.85. The minimum atomic E-state index is -3.15. The summed E-state index contributed by atoms with van der Waals surface area (Å²) in [7, 11) is -3.15. The highest BCUT2D eigenvalue weighted by Crippen LogP contribution is 2.27. The molecule has 2 aliphatic rings. The Balaban J connectivity index is 1.46. The Morgan fingerprint density at radius 1 is 1.28 bits per heavy atom. The normalized spacial score (nSPS) is 21.9. The van der Waals surface area contributed by atoms with E-state index in [2.05, 4.69) is 14.7 Å². The summed E-state index contributed by atoms with van der Waals surface area (Å²) >= 11 is 0. The molecule has 0 saturated heterocycles. The summed E-state index contributed by atoms with van der Waals surface area (Å²) in [5.41, 5.74) is 1.15. The number of rotatable bonds is 6. The quantitative estimate of drug-likeness (QED) is 0.840. The Hall–Kier alpha value is -1.64. The molecule has 0 spiro atoms. The van der Waals surface area contributed by atoms with Gasteiger partial charge in [0.15, 0.2) is 0 Å². The summed E-state index contributed by atoms with van der Waals surface area (Å²) in [6.45, 7) is 5.41. The first-order valence-electron chi connectivity index (χ1n) is 8.76. The lowest BCUT2D eigenvalue weighted by atomic mass is 10.1. The molecule has 1 aliphatic carbocycles. The van der Waals surface area contributed by atoms with Crippen molar-refractivity contribution in [3.05, 3.63) is 41.6 Å².